The maximum absolute atomic E-state index is 11.7. The van der Waals surface area contributed by atoms with Crippen LogP contribution in [0.1, 0.15) is 6.92 Å². The predicted molar refractivity (Wildman–Crippen MR) is 74.0 cm³/mol. The van der Waals surface area contributed by atoms with E-state index in [1.807, 2.05) is 6.07 Å². The van der Waals surface area contributed by atoms with E-state index in [9.17, 15) is 23.5 Å². The Labute approximate surface area is 134 Å². The number of nitriles is 1. The standard InChI is InChI=1S/C13H15NO8S/c1-5(2)13(17)20-4-7(15)21-10-8(16)11-12(23(18)19)6(3-14)9(10)22-11/h6,8-12,16H,1,4H2,2H3,(H,18,19). The van der Waals surface area contributed by atoms with Gasteiger partial charge in [0.15, 0.2) is 23.8 Å². The number of hydrogen-bond donors (Lipinski definition) is 2. The molecule has 7 unspecified atom stereocenters. The molecule has 2 rings (SSSR count). The van der Waals surface area contributed by atoms with E-state index in [0.717, 1.165) is 0 Å². The fraction of sp³-hybridized carbons (Fsp3) is 0.615. The molecule has 0 amide bonds. The first-order valence-electron chi connectivity index (χ1n) is 6.62. The van der Waals surface area contributed by atoms with Crippen LogP contribution in [0, 0.1) is 17.2 Å². The SMILES string of the molecule is C=C(C)C(=O)OCC(=O)OC1C(O)C2OC1C(C#N)C2S(=O)O. The number of ether oxygens (including phenoxy) is 3. The number of hydrogen-bond acceptors (Lipinski definition) is 8. The minimum Gasteiger partial charge on any atom is -0.454 e. The number of rotatable bonds is 5. The average Bonchev–Trinajstić information content (AvgIpc) is 3.01. The lowest BCUT2D eigenvalue weighted by Gasteiger charge is -2.30. The Hall–Kier alpha value is -1.80. The lowest BCUT2D eigenvalue weighted by atomic mass is 9.85. The zero-order valence-electron chi connectivity index (χ0n) is 12.1. The number of nitrogens with zero attached hydrogens (tertiary/aromatic N) is 1. The minimum absolute atomic E-state index is 0.110. The lowest BCUT2D eigenvalue weighted by molar-refractivity contribution is -0.166. The molecule has 0 aromatic carbocycles. The van der Waals surface area contributed by atoms with Crippen molar-refractivity contribution in [3.63, 3.8) is 0 Å². The molecule has 9 nitrogen and oxygen atoms in total. The molecule has 2 bridgehead atoms. The van der Waals surface area contributed by atoms with Crippen LogP contribution in [0.5, 0.6) is 0 Å². The molecule has 2 aliphatic rings. The van der Waals surface area contributed by atoms with Crippen LogP contribution in [-0.4, -0.2) is 62.1 Å². The van der Waals surface area contributed by atoms with E-state index in [-0.39, 0.29) is 5.57 Å². The van der Waals surface area contributed by atoms with Crippen LogP contribution < -0.4 is 0 Å². The van der Waals surface area contributed by atoms with Crippen molar-refractivity contribution in [3.8, 4) is 6.07 Å². The molecule has 0 aliphatic carbocycles. The Balaban J connectivity index is 1.99. The highest BCUT2D eigenvalue weighted by molar-refractivity contribution is 7.80. The smallest absolute Gasteiger partial charge is 0.344 e. The highest BCUT2D eigenvalue weighted by atomic mass is 32.2. The molecule has 2 saturated heterocycles. The van der Waals surface area contributed by atoms with Crippen LogP contribution in [0.2, 0.25) is 0 Å². The molecule has 0 saturated carbocycles. The van der Waals surface area contributed by atoms with Crippen LogP contribution in [0.4, 0.5) is 0 Å². The van der Waals surface area contributed by atoms with Gasteiger partial charge in [-0.25, -0.2) is 13.8 Å². The van der Waals surface area contributed by atoms with E-state index in [1.54, 1.807) is 0 Å². The topological polar surface area (TPSA) is 143 Å². The van der Waals surface area contributed by atoms with Gasteiger partial charge in [0.25, 0.3) is 0 Å². The van der Waals surface area contributed by atoms with Crippen LogP contribution in [0.3, 0.4) is 0 Å². The Morgan fingerprint density at radius 1 is 1.43 bits per heavy atom. The van der Waals surface area contributed by atoms with Gasteiger partial charge in [0.1, 0.15) is 23.6 Å². The Bertz CT molecular complexity index is 599. The van der Waals surface area contributed by atoms with Crippen molar-refractivity contribution in [2.24, 2.45) is 5.92 Å². The molecular weight excluding hydrogens is 330 g/mol. The molecule has 0 radical (unpaired) electrons. The predicted octanol–water partition coefficient (Wildman–Crippen LogP) is -1.11. The number of aliphatic hydroxyl groups is 1. The van der Waals surface area contributed by atoms with Crippen molar-refractivity contribution in [1.82, 2.24) is 0 Å². The van der Waals surface area contributed by atoms with Crippen molar-refractivity contribution in [1.29, 1.82) is 5.26 Å². The maximum atomic E-state index is 11.7. The second-order valence-corrected chi connectivity index (χ2v) is 6.36. The minimum atomic E-state index is -2.36. The van der Waals surface area contributed by atoms with Crippen LogP contribution in [0.15, 0.2) is 12.2 Å². The fourth-order valence-electron chi connectivity index (χ4n) is 2.63. The number of esters is 2. The molecular formula is C13H15NO8S. The third-order valence-corrected chi connectivity index (χ3v) is 4.69. The van der Waals surface area contributed by atoms with Gasteiger partial charge < -0.3 is 23.9 Å². The average molecular weight is 345 g/mol. The highest BCUT2D eigenvalue weighted by Crippen LogP contribution is 2.42. The van der Waals surface area contributed by atoms with Crippen molar-refractivity contribution < 1.29 is 37.7 Å². The first-order chi connectivity index (χ1) is 10.8. The van der Waals surface area contributed by atoms with Gasteiger partial charge in [-0.1, -0.05) is 6.58 Å². The summed E-state index contributed by atoms with van der Waals surface area (Å²) in [5.41, 5.74) is 0.110. The second-order valence-electron chi connectivity index (χ2n) is 5.26. The normalized spacial score (nSPS) is 36.1. The van der Waals surface area contributed by atoms with Gasteiger partial charge in [-0.05, 0) is 6.92 Å². The molecule has 0 aromatic heterocycles. The van der Waals surface area contributed by atoms with Gasteiger partial charge in [0, 0.05) is 5.57 Å². The van der Waals surface area contributed by atoms with Gasteiger partial charge in [0.05, 0.1) is 12.0 Å². The molecule has 2 fully saturated rings. The molecule has 0 spiro atoms. The first-order valence-corrected chi connectivity index (χ1v) is 7.79. The Morgan fingerprint density at radius 3 is 2.61 bits per heavy atom. The summed E-state index contributed by atoms with van der Waals surface area (Å²) in [4.78, 5) is 22.9. The van der Waals surface area contributed by atoms with E-state index in [4.69, 9.17) is 14.7 Å². The summed E-state index contributed by atoms with van der Waals surface area (Å²) in [6.07, 6.45) is -4.60. The molecule has 2 aliphatic heterocycles. The quantitative estimate of drug-likeness (QED) is 0.360. The summed E-state index contributed by atoms with van der Waals surface area (Å²) in [6, 6.07) is 1.84. The zero-order valence-corrected chi connectivity index (χ0v) is 12.9. The van der Waals surface area contributed by atoms with Crippen molar-refractivity contribution >= 4 is 23.0 Å². The van der Waals surface area contributed by atoms with Gasteiger partial charge in [-0.3, -0.25) is 0 Å². The van der Waals surface area contributed by atoms with E-state index in [1.165, 1.54) is 6.92 Å². The molecule has 126 valence electrons. The lowest BCUT2D eigenvalue weighted by Crippen LogP contribution is -2.52. The van der Waals surface area contributed by atoms with Crippen molar-refractivity contribution in [2.75, 3.05) is 6.61 Å². The van der Waals surface area contributed by atoms with Gasteiger partial charge >= 0.3 is 11.9 Å². The van der Waals surface area contributed by atoms with E-state index >= 15 is 0 Å². The molecule has 23 heavy (non-hydrogen) atoms. The second kappa shape index (κ2) is 6.76. The number of aliphatic hydroxyl groups excluding tert-OH is 1. The summed E-state index contributed by atoms with van der Waals surface area (Å²) in [5, 5.41) is 18.1. The van der Waals surface area contributed by atoms with E-state index in [2.05, 4.69) is 11.3 Å². The number of carbonyl (C=O) groups excluding carboxylic acids is 2. The summed E-state index contributed by atoms with van der Waals surface area (Å²) < 4.78 is 35.4. The Morgan fingerprint density at radius 2 is 2.09 bits per heavy atom. The summed E-state index contributed by atoms with van der Waals surface area (Å²) in [5.74, 6) is -2.69. The molecule has 2 N–H and O–H groups in total. The number of fused-ring (bicyclic) bond motifs is 2. The van der Waals surface area contributed by atoms with Crippen LogP contribution >= 0.6 is 0 Å². The molecule has 7 atom stereocenters. The Kier molecular flexibility index (Phi) is 5.16. The summed E-state index contributed by atoms with van der Waals surface area (Å²) >= 11 is -2.36. The first kappa shape index (κ1) is 17.6. The van der Waals surface area contributed by atoms with Crippen molar-refractivity contribution in [2.45, 2.75) is 36.6 Å². The van der Waals surface area contributed by atoms with E-state index in [0.29, 0.717) is 0 Å². The van der Waals surface area contributed by atoms with Crippen LogP contribution in [0.25, 0.3) is 0 Å². The monoisotopic (exact) mass is 345 g/mol. The third-order valence-electron chi connectivity index (χ3n) is 3.66. The van der Waals surface area contributed by atoms with Gasteiger partial charge in [0.2, 0.25) is 0 Å². The number of carbonyl (C=O) groups is 2. The summed E-state index contributed by atoms with van der Waals surface area (Å²) in [6.45, 7) is 4.08. The largest absolute Gasteiger partial charge is 0.454 e. The zero-order chi connectivity index (χ0) is 17.3. The third kappa shape index (κ3) is 3.28. The fourth-order valence-corrected chi connectivity index (χ4v) is 3.55. The molecule has 0 aromatic rings. The van der Waals surface area contributed by atoms with Crippen molar-refractivity contribution in [3.05, 3.63) is 12.2 Å². The summed E-state index contributed by atoms with van der Waals surface area (Å²) in [7, 11) is 0. The van der Waals surface area contributed by atoms with Gasteiger partial charge in [-0.15, -0.1) is 0 Å². The molecule has 2 heterocycles. The van der Waals surface area contributed by atoms with Crippen LogP contribution in [-0.2, 0) is 34.9 Å². The van der Waals surface area contributed by atoms with E-state index < -0.39 is 65.2 Å². The maximum Gasteiger partial charge on any atom is 0.344 e. The highest BCUT2D eigenvalue weighted by Gasteiger charge is 2.63. The molecule has 10 heteroatoms. The van der Waals surface area contributed by atoms with Gasteiger partial charge in [-0.2, -0.15) is 5.26 Å².